The number of hydrogen-bond acceptors (Lipinski definition) is 3. The number of aryl methyl sites for hydroxylation is 3. The summed E-state index contributed by atoms with van der Waals surface area (Å²) in [5.41, 5.74) is 8.23. The zero-order chi connectivity index (χ0) is 15.8. The zero-order valence-corrected chi connectivity index (χ0v) is 12.9. The van der Waals surface area contributed by atoms with Gasteiger partial charge >= 0.3 is 0 Å². The van der Waals surface area contributed by atoms with Gasteiger partial charge in [-0.25, -0.2) is 12.8 Å². The lowest BCUT2D eigenvalue weighted by Gasteiger charge is -2.15. The minimum atomic E-state index is -3.75. The van der Waals surface area contributed by atoms with E-state index in [1.807, 2.05) is 0 Å². The second kappa shape index (κ2) is 5.37. The quantitative estimate of drug-likeness (QED) is 0.856. The van der Waals surface area contributed by atoms with Gasteiger partial charge in [0.15, 0.2) is 0 Å². The number of nitrogens with one attached hydrogen (secondary N) is 1. The van der Waals surface area contributed by atoms with Crippen molar-refractivity contribution >= 4 is 21.4 Å². The molecule has 0 amide bonds. The molecule has 0 aliphatic rings. The second-order valence-electron chi connectivity index (χ2n) is 5.05. The average molecular weight is 308 g/mol. The van der Waals surface area contributed by atoms with E-state index in [1.165, 1.54) is 18.2 Å². The maximum atomic E-state index is 13.1. The van der Waals surface area contributed by atoms with Crippen LogP contribution in [0.5, 0.6) is 0 Å². The standard InChI is InChI=1S/C15H17FN2O2S/c1-9-6-12(16)4-5-14(9)18-21(19,20)15-10(2)7-13(17)8-11(15)3/h4-8,18H,17H2,1-3H3. The Morgan fingerprint density at radius 2 is 1.57 bits per heavy atom. The van der Waals surface area contributed by atoms with Crippen LogP contribution in [0.15, 0.2) is 35.2 Å². The Morgan fingerprint density at radius 3 is 2.10 bits per heavy atom. The highest BCUT2D eigenvalue weighted by atomic mass is 32.2. The molecular formula is C15H17FN2O2S. The van der Waals surface area contributed by atoms with Gasteiger partial charge < -0.3 is 5.73 Å². The predicted octanol–water partition coefficient (Wildman–Crippen LogP) is 3.13. The van der Waals surface area contributed by atoms with Crippen molar-refractivity contribution in [1.29, 1.82) is 0 Å². The van der Waals surface area contributed by atoms with Crippen LogP contribution in [0.3, 0.4) is 0 Å². The molecule has 0 radical (unpaired) electrons. The lowest BCUT2D eigenvalue weighted by atomic mass is 10.1. The molecule has 6 heteroatoms. The van der Waals surface area contributed by atoms with Crippen molar-refractivity contribution in [3.05, 3.63) is 52.8 Å². The molecule has 0 aliphatic heterocycles. The fourth-order valence-corrected chi connectivity index (χ4v) is 3.93. The number of anilines is 2. The van der Waals surface area contributed by atoms with Crippen LogP contribution in [0.25, 0.3) is 0 Å². The Labute approximate surface area is 123 Å². The molecule has 0 aromatic heterocycles. The average Bonchev–Trinajstić information content (AvgIpc) is 2.30. The second-order valence-corrected chi connectivity index (χ2v) is 6.67. The highest BCUT2D eigenvalue weighted by Crippen LogP contribution is 2.26. The molecule has 0 saturated heterocycles. The lowest BCUT2D eigenvalue weighted by molar-refractivity contribution is 0.599. The summed E-state index contributed by atoms with van der Waals surface area (Å²) in [6.07, 6.45) is 0. The maximum Gasteiger partial charge on any atom is 0.262 e. The molecule has 0 bridgehead atoms. The van der Waals surface area contributed by atoms with Gasteiger partial charge in [-0.2, -0.15) is 0 Å². The lowest BCUT2D eigenvalue weighted by Crippen LogP contribution is -2.16. The van der Waals surface area contributed by atoms with Crippen molar-refractivity contribution in [2.75, 3.05) is 10.5 Å². The first kappa shape index (κ1) is 15.3. The molecule has 4 nitrogen and oxygen atoms in total. The molecule has 3 N–H and O–H groups in total. The Balaban J connectivity index is 2.48. The molecule has 0 unspecified atom stereocenters. The van der Waals surface area contributed by atoms with Crippen LogP contribution in [0.2, 0.25) is 0 Å². The van der Waals surface area contributed by atoms with E-state index in [9.17, 15) is 12.8 Å². The molecule has 112 valence electrons. The number of benzene rings is 2. The van der Waals surface area contributed by atoms with Crippen molar-refractivity contribution < 1.29 is 12.8 Å². The summed E-state index contributed by atoms with van der Waals surface area (Å²) < 4.78 is 40.7. The third-order valence-electron chi connectivity index (χ3n) is 3.18. The third-order valence-corrected chi connectivity index (χ3v) is 4.85. The van der Waals surface area contributed by atoms with Crippen molar-refractivity contribution in [1.82, 2.24) is 0 Å². The molecule has 2 aromatic carbocycles. The van der Waals surface area contributed by atoms with Gasteiger partial charge in [0.2, 0.25) is 0 Å². The molecule has 0 atom stereocenters. The van der Waals surface area contributed by atoms with Crippen molar-refractivity contribution in [2.45, 2.75) is 25.7 Å². The minimum absolute atomic E-state index is 0.195. The number of nitrogens with two attached hydrogens (primary N) is 1. The topological polar surface area (TPSA) is 72.2 Å². The summed E-state index contributed by atoms with van der Waals surface area (Å²) in [5.74, 6) is -0.407. The van der Waals surface area contributed by atoms with Gasteiger partial charge in [0.05, 0.1) is 10.6 Å². The molecule has 0 saturated carbocycles. The highest BCUT2D eigenvalue weighted by Gasteiger charge is 2.20. The summed E-state index contributed by atoms with van der Waals surface area (Å²) in [6.45, 7) is 5.02. The summed E-state index contributed by atoms with van der Waals surface area (Å²) in [6, 6.07) is 7.12. The first-order chi connectivity index (χ1) is 9.70. The Hall–Kier alpha value is -2.08. The summed E-state index contributed by atoms with van der Waals surface area (Å²) >= 11 is 0. The van der Waals surface area contributed by atoms with E-state index in [4.69, 9.17) is 5.73 Å². The molecular weight excluding hydrogens is 291 g/mol. The summed E-state index contributed by atoms with van der Waals surface area (Å²) in [5, 5.41) is 0. The predicted molar refractivity (Wildman–Crippen MR) is 82.3 cm³/mol. The van der Waals surface area contributed by atoms with Gasteiger partial charge in [0, 0.05) is 5.69 Å². The van der Waals surface area contributed by atoms with Gasteiger partial charge in [-0.1, -0.05) is 0 Å². The van der Waals surface area contributed by atoms with E-state index in [0.717, 1.165) is 0 Å². The molecule has 2 aromatic rings. The van der Waals surface area contributed by atoms with Crippen LogP contribution >= 0.6 is 0 Å². The van der Waals surface area contributed by atoms with Crippen LogP contribution < -0.4 is 10.5 Å². The van der Waals surface area contributed by atoms with Crippen LogP contribution in [-0.4, -0.2) is 8.42 Å². The SMILES string of the molecule is Cc1cc(F)ccc1NS(=O)(=O)c1c(C)cc(N)cc1C. The van der Waals surface area contributed by atoms with Crippen LogP contribution in [0.4, 0.5) is 15.8 Å². The molecule has 21 heavy (non-hydrogen) atoms. The van der Waals surface area contributed by atoms with E-state index in [1.54, 1.807) is 32.9 Å². The van der Waals surface area contributed by atoms with E-state index in [-0.39, 0.29) is 4.90 Å². The van der Waals surface area contributed by atoms with E-state index < -0.39 is 15.8 Å². The number of halogens is 1. The molecule has 2 rings (SSSR count). The van der Waals surface area contributed by atoms with Gasteiger partial charge in [-0.3, -0.25) is 4.72 Å². The van der Waals surface area contributed by atoms with Gasteiger partial charge in [-0.15, -0.1) is 0 Å². The molecule has 0 fully saturated rings. The molecule has 0 spiro atoms. The first-order valence-corrected chi connectivity index (χ1v) is 7.85. The van der Waals surface area contributed by atoms with Crippen LogP contribution in [0.1, 0.15) is 16.7 Å². The minimum Gasteiger partial charge on any atom is -0.399 e. The van der Waals surface area contributed by atoms with Crippen molar-refractivity contribution in [3.63, 3.8) is 0 Å². The number of hydrogen-bond donors (Lipinski definition) is 2. The first-order valence-electron chi connectivity index (χ1n) is 6.36. The van der Waals surface area contributed by atoms with Crippen molar-refractivity contribution in [2.24, 2.45) is 0 Å². The van der Waals surface area contributed by atoms with E-state index >= 15 is 0 Å². The van der Waals surface area contributed by atoms with E-state index in [0.29, 0.717) is 28.1 Å². The van der Waals surface area contributed by atoms with Gasteiger partial charge in [0.1, 0.15) is 5.82 Å². The normalized spacial score (nSPS) is 11.4. The molecule has 0 aliphatic carbocycles. The maximum absolute atomic E-state index is 13.1. The van der Waals surface area contributed by atoms with Gasteiger partial charge in [0.25, 0.3) is 10.0 Å². The largest absolute Gasteiger partial charge is 0.399 e. The third kappa shape index (κ3) is 3.16. The monoisotopic (exact) mass is 308 g/mol. The van der Waals surface area contributed by atoms with Crippen LogP contribution in [0, 0.1) is 26.6 Å². The Bertz CT molecular complexity index is 778. The van der Waals surface area contributed by atoms with E-state index in [2.05, 4.69) is 4.72 Å². The van der Waals surface area contributed by atoms with Crippen LogP contribution in [-0.2, 0) is 10.0 Å². The fraction of sp³-hybridized carbons (Fsp3) is 0.200. The smallest absolute Gasteiger partial charge is 0.262 e. The van der Waals surface area contributed by atoms with Gasteiger partial charge in [-0.05, 0) is 67.8 Å². The number of rotatable bonds is 3. The van der Waals surface area contributed by atoms with Crippen molar-refractivity contribution in [3.8, 4) is 0 Å². The number of nitrogen functional groups attached to an aromatic ring is 1. The zero-order valence-electron chi connectivity index (χ0n) is 12.1. The fourth-order valence-electron chi connectivity index (χ4n) is 2.35. The highest BCUT2D eigenvalue weighted by molar-refractivity contribution is 7.92. The summed E-state index contributed by atoms with van der Waals surface area (Å²) in [4.78, 5) is 0.195. The molecule has 0 heterocycles. The summed E-state index contributed by atoms with van der Waals surface area (Å²) in [7, 11) is -3.75. The number of sulfonamides is 1. The Kier molecular flexibility index (Phi) is 3.91. The Morgan fingerprint density at radius 1 is 1.00 bits per heavy atom.